The van der Waals surface area contributed by atoms with Gasteiger partial charge in [-0.15, -0.1) is 6.42 Å². The topological polar surface area (TPSA) is 68.5 Å². The zero-order chi connectivity index (χ0) is 13.9. The van der Waals surface area contributed by atoms with Gasteiger partial charge in [-0.25, -0.2) is 9.97 Å². The minimum absolute atomic E-state index is 0.120. The number of imidazole rings is 1. The van der Waals surface area contributed by atoms with Crippen LogP contribution < -0.4 is 5.32 Å². The van der Waals surface area contributed by atoms with Gasteiger partial charge in [-0.2, -0.15) is 9.97 Å². The van der Waals surface area contributed by atoms with Gasteiger partial charge in [-0.05, 0) is 23.7 Å². The van der Waals surface area contributed by atoms with E-state index in [1.165, 1.54) is 0 Å². The minimum atomic E-state index is 0.120. The standard InChI is InChI=1S/C13H9ClN6/c1-2-7-20-8-16-10-11(18-13(14)19-12(10)20)17-9-5-3-4-6-15-9/h1,3-6,8H,7H2,(H,15,17,18,19). The van der Waals surface area contributed by atoms with E-state index < -0.39 is 0 Å². The highest BCUT2D eigenvalue weighted by atomic mass is 35.5. The van der Waals surface area contributed by atoms with E-state index in [9.17, 15) is 0 Å². The minimum Gasteiger partial charge on any atom is -0.323 e. The average molecular weight is 285 g/mol. The highest BCUT2D eigenvalue weighted by Crippen LogP contribution is 2.23. The zero-order valence-electron chi connectivity index (χ0n) is 10.3. The summed E-state index contributed by atoms with van der Waals surface area (Å²) in [4.78, 5) is 16.7. The highest BCUT2D eigenvalue weighted by molar-refractivity contribution is 6.28. The number of rotatable bonds is 3. The Labute approximate surface area is 119 Å². The lowest BCUT2D eigenvalue weighted by molar-refractivity contribution is 0.857. The summed E-state index contributed by atoms with van der Waals surface area (Å²) in [5, 5.41) is 3.19. The number of aromatic nitrogens is 5. The van der Waals surface area contributed by atoms with Gasteiger partial charge in [0.25, 0.3) is 0 Å². The Morgan fingerprint density at radius 1 is 1.30 bits per heavy atom. The molecular weight excluding hydrogens is 276 g/mol. The Hall–Kier alpha value is -2.65. The van der Waals surface area contributed by atoms with Crippen LogP contribution in [0.3, 0.4) is 0 Å². The molecule has 98 valence electrons. The molecule has 3 rings (SSSR count). The first-order valence-electron chi connectivity index (χ1n) is 5.78. The van der Waals surface area contributed by atoms with Crippen LogP contribution in [0.15, 0.2) is 30.7 Å². The van der Waals surface area contributed by atoms with Crippen molar-refractivity contribution in [1.82, 2.24) is 24.5 Å². The van der Waals surface area contributed by atoms with Crippen molar-refractivity contribution >= 4 is 34.4 Å². The van der Waals surface area contributed by atoms with Gasteiger partial charge >= 0.3 is 0 Å². The van der Waals surface area contributed by atoms with Crippen LogP contribution in [0.4, 0.5) is 11.6 Å². The number of terminal acetylenes is 1. The van der Waals surface area contributed by atoms with Crippen LogP contribution in [0.2, 0.25) is 5.28 Å². The number of nitrogens with one attached hydrogen (secondary N) is 1. The number of fused-ring (bicyclic) bond motifs is 1. The van der Waals surface area contributed by atoms with Crippen LogP contribution in [-0.4, -0.2) is 24.5 Å². The Morgan fingerprint density at radius 3 is 2.95 bits per heavy atom. The van der Waals surface area contributed by atoms with Gasteiger partial charge in [0.15, 0.2) is 17.0 Å². The lowest BCUT2D eigenvalue weighted by Gasteiger charge is -2.05. The average Bonchev–Trinajstić information content (AvgIpc) is 2.84. The van der Waals surface area contributed by atoms with E-state index in [2.05, 4.69) is 31.2 Å². The molecule has 3 aromatic heterocycles. The number of hydrogen-bond donors (Lipinski definition) is 1. The van der Waals surface area contributed by atoms with Crippen LogP contribution >= 0.6 is 11.6 Å². The first kappa shape index (κ1) is 12.4. The van der Waals surface area contributed by atoms with Crippen LogP contribution in [0.25, 0.3) is 11.2 Å². The van der Waals surface area contributed by atoms with Crippen molar-refractivity contribution in [2.24, 2.45) is 0 Å². The molecule has 0 fully saturated rings. The first-order chi connectivity index (χ1) is 9.78. The normalized spacial score (nSPS) is 10.4. The Kier molecular flexibility index (Phi) is 3.19. The maximum absolute atomic E-state index is 5.94. The third kappa shape index (κ3) is 2.27. The lowest BCUT2D eigenvalue weighted by atomic mass is 10.4. The second-order valence-electron chi connectivity index (χ2n) is 3.93. The molecule has 0 spiro atoms. The summed E-state index contributed by atoms with van der Waals surface area (Å²) < 4.78 is 1.73. The molecule has 20 heavy (non-hydrogen) atoms. The summed E-state index contributed by atoms with van der Waals surface area (Å²) in [6.45, 7) is 0.368. The molecule has 3 aromatic rings. The van der Waals surface area contributed by atoms with Gasteiger partial charge in [0.1, 0.15) is 5.82 Å². The maximum atomic E-state index is 5.94. The molecule has 0 unspecified atom stereocenters. The molecule has 7 heteroatoms. The third-order valence-corrected chi connectivity index (χ3v) is 2.78. The van der Waals surface area contributed by atoms with Crippen molar-refractivity contribution in [3.05, 3.63) is 36.0 Å². The van der Waals surface area contributed by atoms with Gasteiger partial charge in [0, 0.05) is 6.20 Å². The van der Waals surface area contributed by atoms with Gasteiger partial charge in [0.05, 0.1) is 12.9 Å². The van der Waals surface area contributed by atoms with Crippen molar-refractivity contribution in [3.63, 3.8) is 0 Å². The Balaban J connectivity index is 2.09. The zero-order valence-corrected chi connectivity index (χ0v) is 11.0. The smallest absolute Gasteiger partial charge is 0.226 e. The van der Waals surface area contributed by atoms with E-state index in [1.54, 1.807) is 17.1 Å². The van der Waals surface area contributed by atoms with E-state index in [-0.39, 0.29) is 5.28 Å². The fourth-order valence-corrected chi connectivity index (χ4v) is 1.94. The summed E-state index contributed by atoms with van der Waals surface area (Å²) in [5.74, 6) is 3.68. The van der Waals surface area contributed by atoms with E-state index in [1.807, 2.05) is 18.2 Å². The van der Waals surface area contributed by atoms with Crippen LogP contribution in [0.1, 0.15) is 0 Å². The van der Waals surface area contributed by atoms with Crippen molar-refractivity contribution in [2.75, 3.05) is 5.32 Å². The molecule has 0 saturated heterocycles. The SMILES string of the molecule is C#CCn1cnc2c(Nc3ccccn3)nc(Cl)nc21. The molecule has 0 bridgehead atoms. The van der Waals surface area contributed by atoms with E-state index in [4.69, 9.17) is 18.0 Å². The number of anilines is 2. The molecule has 0 aliphatic carbocycles. The second kappa shape index (κ2) is 5.15. The second-order valence-corrected chi connectivity index (χ2v) is 4.27. The van der Waals surface area contributed by atoms with Gasteiger partial charge in [-0.3, -0.25) is 0 Å². The molecule has 0 aromatic carbocycles. The molecule has 0 radical (unpaired) electrons. The molecule has 0 atom stereocenters. The summed E-state index contributed by atoms with van der Waals surface area (Å²) in [5.41, 5.74) is 1.18. The van der Waals surface area contributed by atoms with E-state index in [0.717, 1.165) is 0 Å². The van der Waals surface area contributed by atoms with Crippen LogP contribution in [-0.2, 0) is 6.54 Å². The summed E-state index contributed by atoms with van der Waals surface area (Å²) in [7, 11) is 0. The van der Waals surface area contributed by atoms with Crippen LogP contribution in [0, 0.1) is 12.3 Å². The molecular formula is C13H9ClN6. The molecule has 6 nitrogen and oxygen atoms in total. The molecule has 0 amide bonds. The predicted molar refractivity (Wildman–Crippen MR) is 76.7 cm³/mol. The summed E-state index contributed by atoms with van der Waals surface area (Å²) in [6, 6.07) is 5.52. The summed E-state index contributed by atoms with van der Waals surface area (Å²) >= 11 is 5.94. The molecule has 1 N–H and O–H groups in total. The van der Waals surface area contributed by atoms with Crippen molar-refractivity contribution < 1.29 is 0 Å². The number of halogens is 1. The maximum Gasteiger partial charge on any atom is 0.226 e. The van der Waals surface area contributed by atoms with Gasteiger partial charge in [-0.1, -0.05) is 12.0 Å². The first-order valence-corrected chi connectivity index (χ1v) is 6.15. The summed E-state index contributed by atoms with van der Waals surface area (Å²) in [6.07, 6.45) is 8.60. The van der Waals surface area contributed by atoms with Gasteiger partial charge < -0.3 is 9.88 Å². The molecule has 3 heterocycles. The fourth-order valence-electron chi connectivity index (χ4n) is 1.78. The monoisotopic (exact) mass is 284 g/mol. The fraction of sp³-hybridized carbons (Fsp3) is 0.0769. The number of pyridine rings is 1. The quantitative estimate of drug-likeness (QED) is 0.590. The highest BCUT2D eigenvalue weighted by Gasteiger charge is 2.12. The predicted octanol–water partition coefficient (Wildman–Crippen LogP) is 2.25. The third-order valence-electron chi connectivity index (χ3n) is 2.61. The van der Waals surface area contributed by atoms with E-state index in [0.29, 0.717) is 29.3 Å². The number of hydrogen-bond acceptors (Lipinski definition) is 5. The van der Waals surface area contributed by atoms with Crippen LogP contribution in [0.5, 0.6) is 0 Å². The lowest BCUT2D eigenvalue weighted by Crippen LogP contribution is -2.00. The van der Waals surface area contributed by atoms with Crippen molar-refractivity contribution in [1.29, 1.82) is 0 Å². The molecule has 0 saturated carbocycles. The Morgan fingerprint density at radius 2 is 2.20 bits per heavy atom. The number of nitrogens with zero attached hydrogens (tertiary/aromatic N) is 5. The van der Waals surface area contributed by atoms with Gasteiger partial charge in [0.2, 0.25) is 5.28 Å². The van der Waals surface area contributed by atoms with E-state index >= 15 is 0 Å². The van der Waals surface area contributed by atoms with Crippen molar-refractivity contribution in [3.8, 4) is 12.3 Å². The molecule has 0 aliphatic rings. The van der Waals surface area contributed by atoms with Crippen molar-refractivity contribution in [2.45, 2.75) is 6.54 Å². The largest absolute Gasteiger partial charge is 0.323 e. The Bertz CT molecular complexity index is 790. The molecule has 0 aliphatic heterocycles.